The molecule has 2 rings (SSSR count). The molecule has 2 N–H and O–H groups in total. The lowest BCUT2D eigenvalue weighted by molar-refractivity contribution is -0.128. The highest BCUT2D eigenvalue weighted by molar-refractivity contribution is 5.94. The zero-order valence-corrected chi connectivity index (χ0v) is 43.3. The van der Waals surface area contributed by atoms with Gasteiger partial charge in [-0.1, -0.05) is 131 Å². The van der Waals surface area contributed by atoms with Gasteiger partial charge in [-0.15, -0.1) is 0 Å². The van der Waals surface area contributed by atoms with Gasteiger partial charge in [0.05, 0.1) is 26.4 Å². The molecule has 1 atom stereocenters. The number of hydrogen-bond donors (Lipinski definition) is 2. The van der Waals surface area contributed by atoms with E-state index in [4.69, 9.17) is 14.2 Å². The summed E-state index contributed by atoms with van der Waals surface area (Å²) in [6.45, 7) is 28.3. The summed E-state index contributed by atoms with van der Waals surface area (Å²) in [4.78, 5) is 39.5. The van der Waals surface area contributed by atoms with Crippen molar-refractivity contribution in [3.05, 3.63) is 117 Å². The molecule has 8 nitrogen and oxygen atoms in total. The van der Waals surface area contributed by atoms with E-state index in [9.17, 15) is 14.4 Å². The molecule has 0 aromatic heterocycles. The molecule has 0 bridgehead atoms. The zero-order chi connectivity index (χ0) is 48.8. The van der Waals surface area contributed by atoms with Gasteiger partial charge in [0.15, 0.2) is 5.78 Å². The number of nitrogens with one attached hydrogen (secondary N) is 2. The van der Waals surface area contributed by atoms with E-state index in [0.717, 1.165) is 48.2 Å². The van der Waals surface area contributed by atoms with Gasteiger partial charge in [0.1, 0.15) is 0 Å². The van der Waals surface area contributed by atoms with Crippen molar-refractivity contribution in [3.63, 3.8) is 0 Å². The molecular weight excluding hydrogens is 821 g/mol. The molecule has 0 aromatic carbocycles. The van der Waals surface area contributed by atoms with E-state index in [1.807, 2.05) is 38.2 Å². The topological polar surface area (TPSA) is 103 Å². The third-order valence-corrected chi connectivity index (χ3v) is 12.5. The molecule has 0 spiro atoms. The van der Waals surface area contributed by atoms with Crippen molar-refractivity contribution in [2.75, 3.05) is 52.7 Å². The smallest absolute Gasteiger partial charge is 0.244 e. The third kappa shape index (κ3) is 25.1. The number of carbonyl (C=O) groups is 3. The number of rotatable bonds is 31. The van der Waals surface area contributed by atoms with E-state index in [1.54, 1.807) is 12.2 Å². The van der Waals surface area contributed by atoms with Crippen LogP contribution in [0.25, 0.3) is 0 Å². The highest BCUT2D eigenvalue weighted by atomic mass is 16.5. The number of allylic oxidation sites excluding steroid dienone is 19. The van der Waals surface area contributed by atoms with Crippen LogP contribution in [0.2, 0.25) is 0 Å². The summed E-state index contributed by atoms with van der Waals surface area (Å²) >= 11 is 0. The highest BCUT2D eigenvalue weighted by Gasteiger charge is 2.27. The number of amides is 2. The van der Waals surface area contributed by atoms with Crippen LogP contribution >= 0.6 is 0 Å². The standard InChI is InChI=1S/C58H90N2O6/c1-12-13-36-64-38-40-66-41-39-65-37-20-35-60-56(63)51(44-52(61)42-47(4)23-16-21-45(2)28-30-53-49(6)25-18-32-57(53,8)9)27-14-15-34-59-55(62)43-48(5)24-17-22-46(3)29-31-54-50(7)26-19-33-58(54,10)11/h16-17,21-24,28-31,42-43,51H,12-15,18-20,25-27,32-41,44H2,1-11H3,(H,59,62)(H,60,63)/b23-16+,24-17+,30-28+,31-29+,45-21+,46-22+,47-42+,48-43+/t51-/m1/s1. The van der Waals surface area contributed by atoms with Gasteiger partial charge in [-0.3, -0.25) is 14.4 Å². The van der Waals surface area contributed by atoms with Crippen LogP contribution in [0.3, 0.4) is 0 Å². The summed E-state index contributed by atoms with van der Waals surface area (Å²) in [5, 5.41) is 6.02. The predicted octanol–water partition coefficient (Wildman–Crippen LogP) is 13.3. The van der Waals surface area contributed by atoms with Crippen molar-refractivity contribution in [1.29, 1.82) is 0 Å². The monoisotopic (exact) mass is 911 g/mol. The van der Waals surface area contributed by atoms with E-state index >= 15 is 0 Å². The SMILES string of the molecule is CCCCOCCOCCOCCCNC(=O)[C@H](CCCCNC(=O)/C=C(C)/C=C/C=C(C)/C=C/C1=C(C)CCCC1(C)C)CC(=O)/C=C(C)/C=C/C=C(C)/C=C/C1=C(C)CCCC1(C)C. The first-order chi connectivity index (χ1) is 31.4. The maximum Gasteiger partial charge on any atom is 0.244 e. The molecule has 0 saturated heterocycles. The fraction of sp³-hybridized carbons (Fsp3) is 0.603. The lowest BCUT2D eigenvalue weighted by Crippen LogP contribution is -2.33. The van der Waals surface area contributed by atoms with Gasteiger partial charge in [-0.25, -0.2) is 0 Å². The fourth-order valence-corrected chi connectivity index (χ4v) is 8.55. The molecular formula is C58H90N2O6. The maximum absolute atomic E-state index is 13.4. The van der Waals surface area contributed by atoms with Crippen LogP contribution in [0.15, 0.2) is 117 Å². The second kappa shape index (κ2) is 32.6. The summed E-state index contributed by atoms with van der Waals surface area (Å²) in [6.07, 6.45) is 36.3. The Bertz CT molecular complexity index is 1840. The van der Waals surface area contributed by atoms with Crippen LogP contribution in [0.5, 0.6) is 0 Å². The average Bonchev–Trinajstić information content (AvgIpc) is 3.23. The number of ether oxygens (including phenoxy) is 3. The Morgan fingerprint density at radius 2 is 1.09 bits per heavy atom. The quantitative estimate of drug-likeness (QED) is 0.0408. The Morgan fingerprint density at radius 3 is 1.61 bits per heavy atom. The van der Waals surface area contributed by atoms with Gasteiger partial charge < -0.3 is 24.8 Å². The predicted molar refractivity (Wildman–Crippen MR) is 277 cm³/mol. The first-order valence-corrected chi connectivity index (χ1v) is 25.1. The van der Waals surface area contributed by atoms with Crippen LogP contribution < -0.4 is 10.6 Å². The van der Waals surface area contributed by atoms with Crippen LogP contribution in [0.1, 0.15) is 160 Å². The Balaban J connectivity index is 1.92. The van der Waals surface area contributed by atoms with Crippen molar-refractivity contribution in [2.45, 2.75) is 160 Å². The van der Waals surface area contributed by atoms with Crippen LogP contribution in [-0.4, -0.2) is 70.3 Å². The number of hydrogen-bond acceptors (Lipinski definition) is 6. The first-order valence-electron chi connectivity index (χ1n) is 25.1. The molecule has 0 heterocycles. The largest absolute Gasteiger partial charge is 0.379 e. The second-order valence-corrected chi connectivity index (χ2v) is 19.8. The van der Waals surface area contributed by atoms with Gasteiger partial charge >= 0.3 is 0 Å². The highest BCUT2D eigenvalue weighted by Crippen LogP contribution is 2.42. The first kappa shape index (κ1) is 58.0. The van der Waals surface area contributed by atoms with Crippen molar-refractivity contribution in [3.8, 4) is 0 Å². The van der Waals surface area contributed by atoms with Crippen LogP contribution in [0, 0.1) is 16.7 Å². The lowest BCUT2D eigenvalue weighted by Gasteiger charge is -2.33. The summed E-state index contributed by atoms with van der Waals surface area (Å²) in [5.41, 5.74) is 10.2. The third-order valence-electron chi connectivity index (χ3n) is 12.5. The number of ketones is 1. The Morgan fingerprint density at radius 1 is 0.606 bits per heavy atom. The summed E-state index contributed by atoms with van der Waals surface area (Å²) in [5.74, 6) is -0.836. The van der Waals surface area contributed by atoms with E-state index in [2.05, 4.69) is 109 Å². The minimum Gasteiger partial charge on any atom is -0.379 e. The molecule has 0 radical (unpaired) electrons. The molecule has 2 aliphatic rings. The Labute approximate surface area is 402 Å². The molecule has 0 fully saturated rings. The van der Waals surface area contributed by atoms with Gasteiger partial charge in [-0.05, 0) is 145 Å². The summed E-state index contributed by atoms with van der Waals surface area (Å²) in [6, 6.07) is 0. The van der Waals surface area contributed by atoms with E-state index in [1.165, 1.54) is 54.4 Å². The van der Waals surface area contributed by atoms with Gasteiger partial charge in [0.25, 0.3) is 0 Å². The van der Waals surface area contributed by atoms with Crippen LogP contribution in [-0.2, 0) is 28.6 Å². The molecule has 2 amide bonds. The molecule has 0 aromatic rings. The average molecular weight is 911 g/mol. The van der Waals surface area contributed by atoms with E-state index < -0.39 is 5.92 Å². The maximum atomic E-state index is 13.4. The lowest BCUT2D eigenvalue weighted by atomic mass is 9.72. The van der Waals surface area contributed by atoms with Crippen molar-refractivity contribution >= 4 is 17.6 Å². The molecule has 0 saturated carbocycles. The number of carbonyl (C=O) groups excluding carboxylic acids is 3. The van der Waals surface area contributed by atoms with Crippen LogP contribution in [0.4, 0.5) is 0 Å². The molecule has 368 valence electrons. The Kier molecular flexibility index (Phi) is 28.6. The molecule has 66 heavy (non-hydrogen) atoms. The second-order valence-electron chi connectivity index (χ2n) is 19.8. The van der Waals surface area contributed by atoms with Gasteiger partial charge in [-0.2, -0.15) is 0 Å². The molecule has 8 heteroatoms. The summed E-state index contributed by atoms with van der Waals surface area (Å²) in [7, 11) is 0. The minimum absolute atomic E-state index is 0.0809. The molecule has 0 aliphatic heterocycles. The summed E-state index contributed by atoms with van der Waals surface area (Å²) < 4.78 is 16.8. The zero-order valence-electron chi connectivity index (χ0n) is 43.3. The molecule has 2 aliphatic carbocycles. The van der Waals surface area contributed by atoms with Gasteiger partial charge in [0.2, 0.25) is 11.8 Å². The van der Waals surface area contributed by atoms with Crippen molar-refractivity contribution in [2.24, 2.45) is 16.7 Å². The molecule has 0 unspecified atom stereocenters. The normalized spacial score (nSPS) is 18.1. The van der Waals surface area contributed by atoms with Gasteiger partial charge in [0, 0.05) is 44.7 Å². The fourth-order valence-electron chi connectivity index (χ4n) is 8.55. The van der Waals surface area contributed by atoms with E-state index in [-0.39, 0.29) is 34.8 Å². The minimum atomic E-state index is -0.474. The van der Waals surface area contributed by atoms with Crippen molar-refractivity contribution < 1.29 is 28.6 Å². The Hall–Kier alpha value is -4.11. The van der Waals surface area contributed by atoms with E-state index in [0.29, 0.717) is 71.8 Å². The number of unbranched alkanes of at least 4 members (excludes halogenated alkanes) is 2. The van der Waals surface area contributed by atoms with Crippen molar-refractivity contribution in [1.82, 2.24) is 10.6 Å².